The molecule has 0 bridgehead atoms. The van der Waals surface area contributed by atoms with Crippen LogP contribution in [0.15, 0.2) is 400 Å². The predicted molar refractivity (Wildman–Crippen MR) is 624 cm³/mol. The smallest absolute Gasteiger partial charge is 0.0540 e. The number of nitrogens with zero attached hydrogens (tertiary/aromatic N) is 6. The Morgan fingerprint density at radius 3 is 0.604 bits per heavy atom. The average molecular weight is 1860 g/mol. The highest BCUT2D eigenvalue weighted by molar-refractivity contribution is 6.31. The molecule has 0 aliphatic heterocycles. The van der Waals surface area contributed by atoms with E-state index in [0.717, 1.165) is 22.7 Å². The number of benzene rings is 24. The molecule has 0 saturated heterocycles. The maximum absolute atomic E-state index is 2.46. The third kappa shape index (κ3) is 16.8. The van der Waals surface area contributed by atoms with Crippen LogP contribution in [0.4, 0.5) is 102 Å². The number of aryl methyl sites for hydroxylation is 16. The van der Waals surface area contributed by atoms with Crippen molar-refractivity contribution in [1.82, 2.24) is 0 Å². The maximum Gasteiger partial charge on any atom is 0.0540 e. The number of hydrogen-bond donors (Lipinski definition) is 0. The Labute approximate surface area is 847 Å². The molecule has 144 heavy (non-hydrogen) atoms. The summed E-state index contributed by atoms with van der Waals surface area (Å²) in [6, 6.07) is 149. The standard InChI is InChI=1S/3C46H40N2/c1-29-9-19-37(20-10-29)47(43-27-31(3)7-13-33(43)5)41-25-17-35-16-24-40-42(26-18-36-15-23-39(41)45(35)46(36)40)48(38-21-11-30(2)12-22-38)44-28-32(4)8-14-34(44)6;1-29-23-30(2)26-37(25-29)47(41-13-9-7-11-33(41)5)43-21-17-35-16-20-40-44(22-18-36-15-19-39(43)45(35)46(36)40)48(42-14-10-8-12-34(42)6)38-27-31(3)24-32(4)28-38;1-29-25-39(26-30(2)33(29)5)47(37-13-9-7-10-14-37)43-23-19-35-18-22-42-44(24-20-36-17-21-41(43)45(35)46(36)42)48(38-15-11-8-12-16-38)40-27-31(3)34(6)32(4)28-40/h3*7-28H,1-6H3. The summed E-state index contributed by atoms with van der Waals surface area (Å²) < 4.78 is 0. The second-order valence-electron chi connectivity index (χ2n) is 40.4. The second-order valence-corrected chi connectivity index (χ2v) is 40.4. The van der Waals surface area contributed by atoms with Gasteiger partial charge in [-0.15, -0.1) is 0 Å². The molecule has 0 radical (unpaired) electrons. The van der Waals surface area contributed by atoms with E-state index in [2.05, 4.69) is 554 Å². The molecule has 0 aromatic heterocycles. The molecule has 24 rings (SSSR count). The van der Waals surface area contributed by atoms with Gasteiger partial charge in [0.15, 0.2) is 0 Å². The molecule has 0 heterocycles. The maximum atomic E-state index is 2.46. The van der Waals surface area contributed by atoms with E-state index in [-0.39, 0.29) is 0 Å². The highest BCUT2D eigenvalue weighted by Crippen LogP contribution is 2.55. The third-order valence-electron chi connectivity index (χ3n) is 30.1. The van der Waals surface area contributed by atoms with Gasteiger partial charge >= 0.3 is 0 Å². The Morgan fingerprint density at radius 2 is 0.333 bits per heavy atom. The minimum atomic E-state index is 1.15. The van der Waals surface area contributed by atoms with E-state index in [0.29, 0.717) is 0 Å². The Balaban J connectivity index is 0.000000123. The lowest BCUT2D eigenvalue weighted by atomic mass is 9.91. The van der Waals surface area contributed by atoms with Gasteiger partial charge in [-0.1, -0.05) is 254 Å². The number of hydrogen-bond acceptors (Lipinski definition) is 6. The summed E-state index contributed by atoms with van der Waals surface area (Å²) in [7, 11) is 0. The molecule has 24 aromatic carbocycles. The molecule has 0 N–H and O–H groups in total. The van der Waals surface area contributed by atoms with Crippen molar-refractivity contribution >= 4 is 199 Å². The molecule has 0 spiro atoms. The quantitative estimate of drug-likeness (QED) is 0.0792. The first-order valence-electron chi connectivity index (χ1n) is 50.6. The Kier molecular flexibility index (Phi) is 24.1. The van der Waals surface area contributed by atoms with Crippen LogP contribution in [0.2, 0.25) is 0 Å². The van der Waals surface area contributed by atoms with Gasteiger partial charge in [0.05, 0.1) is 34.1 Å². The Morgan fingerprint density at radius 1 is 0.118 bits per heavy atom. The van der Waals surface area contributed by atoms with E-state index < -0.39 is 0 Å². The summed E-state index contributed by atoms with van der Waals surface area (Å²) in [5, 5.41) is 22.8. The van der Waals surface area contributed by atoms with Crippen LogP contribution in [0.3, 0.4) is 0 Å². The van der Waals surface area contributed by atoms with Gasteiger partial charge in [0.2, 0.25) is 0 Å². The van der Waals surface area contributed by atoms with Crippen LogP contribution in [-0.2, 0) is 0 Å². The number of rotatable bonds is 18. The molecule has 6 heteroatoms. The van der Waals surface area contributed by atoms with E-state index in [1.165, 1.54) is 277 Å². The van der Waals surface area contributed by atoms with Gasteiger partial charge in [0.1, 0.15) is 0 Å². The van der Waals surface area contributed by atoms with E-state index in [4.69, 9.17) is 0 Å². The summed E-state index contributed by atoms with van der Waals surface area (Å²) in [6.07, 6.45) is 0. The minimum absolute atomic E-state index is 1.15. The highest BCUT2D eigenvalue weighted by atomic mass is 15.2. The van der Waals surface area contributed by atoms with Crippen LogP contribution >= 0.6 is 0 Å². The van der Waals surface area contributed by atoms with Crippen molar-refractivity contribution in [2.24, 2.45) is 0 Å². The lowest BCUT2D eigenvalue weighted by Gasteiger charge is -2.31. The van der Waals surface area contributed by atoms with Gasteiger partial charge in [-0.2, -0.15) is 0 Å². The highest BCUT2D eigenvalue weighted by Gasteiger charge is 2.30. The molecule has 0 saturated carbocycles. The van der Waals surface area contributed by atoms with E-state index in [1.54, 1.807) is 0 Å². The van der Waals surface area contributed by atoms with Gasteiger partial charge in [0.25, 0.3) is 0 Å². The Hall–Kier alpha value is -16.8. The summed E-state index contributed by atoms with van der Waals surface area (Å²) in [4.78, 5) is 14.7. The Bertz CT molecular complexity index is 8450. The molecule has 0 aliphatic rings. The normalized spacial score (nSPS) is 11.5. The molecule has 702 valence electrons. The van der Waals surface area contributed by atoms with Crippen LogP contribution in [0.25, 0.3) is 97.0 Å². The summed E-state index contributed by atoms with van der Waals surface area (Å²) in [6.45, 7) is 39.6. The zero-order chi connectivity index (χ0) is 99.3. The second kappa shape index (κ2) is 37.7. The fraction of sp³-hybridized carbons (Fsp3) is 0.130. The lowest BCUT2D eigenvalue weighted by molar-refractivity contribution is 1.22. The zero-order valence-corrected chi connectivity index (χ0v) is 85.8. The summed E-state index contributed by atoms with van der Waals surface area (Å²) in [5.74, 6) is 0. The van der Waals surface area contributed by atoms with E-state index >= 15 is 0 Å². The molecular formula is C138H120N6. The molecule has 0 atom stereocenters. The van der Waals surface area contributed by atoms with Crippen LogP contribution in [0.1, 0.15) is 100 Å². The number of anilines is 18. The van der Waals surface area contributed by atoms with Crippen molar-refractivity contribution < 1.29 is 0 Å². The van der Waals surface area contributed by atoms with Crippen molar-refractivity contribution in [1.29, 1.82) is 0 Å². The van der Waals surface area contributed by atoms with Gasteiger partial charge < -0.3 is 29.4 Å². The predicted octanol–water partition coefficient (Wildman–Crippen LogP) is 40.1. The fourth-order valence-electron chi connectivity index (χ4n) is 22.5. The van der Waals surface area contributed by atoms with Crippen LogP contribution in [0, 0.1) is 125 Å². The third-order valence-corrected chi connectivity index (χ3v) is 30.1. The lowest BCUT2D eigenvalue weighted by Crippen LogP contribution is -2.13. The molecule has 0 aliphatic carbocycles. The van der Waals surface area contributed by atoms with Crippen molar-refractivity contribution in [2.45, 2.75) is 125 Å². The van der Waals surface area contributed by atoms with Crippen molar-refractivity contribution in [2.75, 3.05) is 29.4 Å². The molecule has 6 nitrogen and oxygen atoms in total. The SMILES string of the molecule is Cc1cc(C)cc(N(c2ccccc2C)c2ccc3ccc4c(N(c5cc(C)cc(C)c5)c5ccccc5C)ccc5ccc2c3c54)c1.Cc1cc(N(c2ccccc2)c2ccc3ccc4c(N(c5ccccc5)c5cc(C)c(C)c(C)c5)ccc5ccc2c3c54)cc(C)c1C.Cc1ccc(N(c2cc(C)ccc2C)c2ccc3ccc4c(N(c5ccc(C)cc5)c5cc(C)ccc5C)ccc5ccc2c3c54)cc1. The van der Waals surface area contributed by atoms with Crippen molar-refractivity contribution in [3.05, 3.63) is 501 Å². The molecular weight excluding hydrogens is 1740 g/mol. The largest absolute Gasteiger partial charge is 0.310 e. The van der Waals surface area contributed by atoms with Gasteiger partial charge in [-0.3, -0.25) is 0 Å². The fourth-order valence-corrected chi connectivity index (χ4v) is 22.5. The van der Waals surface area contributed by atoms with Gasteiger partial charge in [-0.25, -0.2) is 0 Å². The molecule has 24 aromatic rings. The first-order chi connectivity index (χ1) is 69.8. The summed E-state index contributed by atoms with van der Waals surface area (Å²) >= 11 is 0. The molecule has 0 unspecified atom stereocenters. The molecule has 0 fully saturated rings. The number of para-hydroxylation sites is 4. The first-order valence-corrected chi connectivity index (χ1v) is 50.6. The monoisotopic (exact) mass is 1860 g/mol. The topological polar surface area (TPSA) is 19.4 Å². The molecule has 0 amide bonds. The van der Waals surface area contributed by atoms with Crippen molar-refractivity contribution in [3.8, 4) is 0 Å². The van der Waals surface area contributed by atoms with Gasteiger partial charge in [0, 0.05) is 101 Å². The van der Waals surface area contributed by atoms with E-state index in [9.17, 15) is 0 Å². The van der Waals surface area contributed by atoms with E-state index in [1.807, 2.05) is 0 Å². The van der Waals surface area contributed by atoms with Crippen LogP contribution < -0.4 is 29.4 Å². The summed E-state index contributed by atoms with van der Waals surface area (Å²) in [5.41, 5.74) is 44.1. The average Bonchev–Trinajstić information content (AvgIpc) is 0.728. The van der Waals surface area contributed by atoms with Crippen LogP contribution in [-0.4, -0.2) is 0 Å². The minimum Gasteiger partial charge on any atom is -0.310 e. The van der Waals surface area contributed by atoms with Gasteiger partial charge in [-0.05, 0) is 436 Å². The van der Waals surface area contributed by atoms with Crippen LogP contribution in [0.5, 0.6) is 0 Å². The van der Waals surface area contributed by atoms with Crippen molar-refractivity contribution in [3.63, 3.8) is 0 Å². The first kappa shape index (κ1) is 92.2. The zero-order valence-electron chi connectivity index (χ0n) is 85.8.